The van der Waals surface area contributed by atoms with Crippen molar-refractivity contribution in [3.63, 3.8) is 0 Å². The number of rotatable bonds is 14. The van der Waals surface area contributed by atoms with Crippen molar-refractivity contribution >= 4 is 29.7 Å². The van der Waals surface area contributed by atoms with Crippen LogP contribution in [0.4, 0.5) is 0 Å². The summed E-state index contributed by atoms with van der Waals surface area (Å²) in [5.41, 5.74) is 10.6. The predicted octanol–water partition coefficient (Wildman–Crippen LogP) is -2.50. The molecule has 0 saturated heterocycles. The number of carbonyl (C=O) groups is 5. The Kier molecular flexibility index (Phi) is 12.1. The van der Waals surface area contributed by atoms with Gasteiger partial charge in [-0.2, -0.15) is 0 Å². The van der Waals surface area contributed by atoms with Gasteiger partial charge in [-0.3, -0.25) is 19.2 Å². The van der Waals surface area contributed by atoms with Crippen molar-refractivity contribution < 1.29 is 34.2 Å². The lowest BCUT2D eigenvalue weighted by Crippen LogP contribution is -2.55. The smallest absolute Gasteiger partial charge is 0.326 e. The molecule has 0 aromatic carbocycles. The maximum atomic E-state index is 12.5. The van der Waals surface area contributed by atoms with Gasteiger partial charge in [0.15, 0.2) is 0 Å². The number of aliphatic carboxylic acids is 2. The molecule has 12 heteroatoms. The monoisotopic (exact) mass is 403 g/mol. The minimum Gasteiger partial charge on any atom is -0.481 e. The highest BCUT2D eigenvalue weighted by molar-refractivity contribution is 5.93. The molecule has 0 heterocycles. The van der Waals surface area contributed by atoms with Gasteiger partial charge in [-0.05, 0) is 39.2 Å². The van der Waals surface area contributed by atoms with Crippen LogP contribution in [-0.4, -0.2) is 71.1 Å². The Bertz CT molecular complexity index is 570. The Morgan fingerprint density at radius 2 is 1.46 bits per heavy atom. The van der Waals surface area contributed by atoms with Crippen molar-refractivity contribution in [2.24, 2.45) is 11.5 Å². The average Bonchev–Trinajstić information content (AvgIpc) is 2.63. The van der Waals surface area contributed by atoms with Gasteiger partial charge in [0.2, 0.25) is 17.7 Å². The van der Waals surface area contributed by atoms with Crippen LogP contribution in [0.5, 0.6) is 0 Å². The summed E-state index contributed by atoms with van der Waals surface area (Å²) in [5, 5.41) is 24.9. The fraction of sp³-hybridized carbons (Fsp3) is 0.688. The molecule has 0 aromatic heterocycles. The van der Waals surface area contributed by atoms with Crippen LogP contribution in [0.1, 0.15) is 39.0 Å². The second-order valence-electron chi connectivity index (χ2n) is 6.17. The van der Waals surface area contributed by atoms with Gasteiger partial charge >= 0.3 is 11.9 Å². The Morgan fingerprint density at radius 1 is 0.857 bits per heavy atom. The number of carboxylic acids is 2. The average molecular weight is 403 g/mol. The highest BCUT2D eigenvalue weighted by atomic mass is 16.4. The molecule has 9 N–H and O–H groups in total. The number of carbonyl (C=O) groups excluding carboxylic acids is 3. The maximum Gasteiger partial charge on any atom is 0.326 e. The molecular formula is C16H29N5O7. The van der Waals surface area contributed by atoms with Crippen molar-refractivity contribution in [2.45, 2.75) is 57.2 Å². The van der Waals surface area contributed by atoms with Crippen molar-refractivity contribution in [1.29, 1.82) is 0 Å². The van der Waals surface area contributed by atoms with E-state index in [1.807, 2.05) is 0 Å². The minimum atomic E-state index is -1.41. The first-order chi connectivity index (χ1) is 13.1. The van der Waals surface area contributed by atoms with Crippen LogP contribution in [-0.2, 0) is 24.0 Å². The molecule has 0 aliphatic rings. The number of amides is 3. The number of hydrogen-bond donors (Lipinski definition) is 7. The van der Waals surface area contributed by atoms with E-state index < -0.39 is 54.2 Å². The quantitative estimate of drug-likeness (QED) is 0.152. The largest absolute Gasteiger partial charge is 0.481 e. The lowest BCUT2D eigenvalue weighted by atomic mass is 10.1. The molecule has 0 aliphatic heterocycles. The number of hydrogen-bond acceptors (Lipinski definition) is 7. The highest BCUT2D eigenvalue weighted by Crippen LogP contribution is 2.05. The summed E-state index contributed by atoms with van der Waals surface area (Å²) in [7, 11) is 0. The molecule has 3 amide bonds. The number of nitrogens with two attached hydrogens (primary N) is 2. The fourth-order valence-electron chi connectivity index (χ4n) is 2.22. The summed E-state index contributed by atoms with van der Waals surface area (Å²) in [6, 6.07) is -3.43. The third-order valence-corrected chi connectivity index (χ3v) is 3.80. The first-order valence-electron chi connectivity index (χ1n) is 8.87. The van der Waals surface area contributed by atoms with Crippen LogP contribution < -0.4 is 27.4 Å². The summed E-state index contributed by atoms with van der Waals surface area (Å²) < 4.78 is 0. The van der Waals surface area contributed by atoms with Gasteiger partial charge in [0.25, 0.3) is 0 Å². The zero-order valence-electron chi connectivity index (χ0n) is 15.8. The number of unbranched alkanes of at least 4 members (excludes halogenated alkanes) is 1. The van der Waals surface area contributed by atoms with Gasteiger partial charge in [0, 0.05) is 6.42 Å². The third-order valence-electron chi connectivity index (χ3n) is 3.80. The van der Waals surface area contributed by atoms with E-state index in [1.54, 1.807) is 0 Å². The molecular weight excluding hydrogens is 374 g/mol. The van der Waals surface area contributed by atoms with Gasteiger partial charge in [-0.15, -0.1) is 0 Å². The van der Waals surface area contributed by atoms with Crippen molar-refractivity contribution in [1.82, 2.24) is 16.0 Å². The second kappa shape index (κ2) is 13.4. The van der Waals surface area contributed by atoms with Crippen molar-refractivity contribution in [3.8, 4) is 0 Å². The molecule has 0 aliphatic carbocycles. The molecule has 0 fully saturated rings. The van der Waals surface area contributed by atoms with E-state index in [1.165, 1.54) is 6.92 Å². The topological polar surface area (TPSA) is 214 Å². The van der Waals surface area contributed by atoms with Crippen LogP contribution in [0.25, 0.3) is 0 Å². The molecule has 28 heavy (non-hydrogen) atoms. The van der Waals surface area contributed by atoms with Crippen molar-refractivity contribution in [2.75, 3.05) is 13.1 Å². The fourth-order valence-corrected chi connectivity index (χ4v) is 2.22. The van der Waals surface area contributed by atoms with Crippen LogP contribution in [0, 0.1) is 0 Å². The molecule has 3 unspecified atom stereocenters. The van der Waals surface area contributed by atoms with Gasteiger partial charge in [0.1, 0.15) is 18.1 Å². The highest BCUT2D eigenvalue weighted by Gasteiger charge is 2.28. The summed E-state index contributed by atoms with van der Waals surface area (Å²) in [6.45, 7) is 1.48. The van der Waals surface area contributed by atoms with Crippen molar-refractivity contribution in [3.05, 3.63) is 0 Å². The lowest BCUT2D eigenvalue weighted by molar-refractivity contribution is -0.143. The first-order valence-corrected chi connectivity index (χ1v) is 8.87. The van der Waals surface area contributed by atoms with E-state index in [-0.39, 0.29) is 19.4 Å². The predicted molar refractivity (Wildman–Crippen MR) is 97.9 cm³/mol. The molecule has 0 aromatic rings. The SMILES string of the molecule is CC(NC(=O)CN)C(=O)NC(CCCCN)C(=O)NC(CCC(=O)O)C(=O)O. The van der Waals surface area contributed by atoms with Crippen LogP contribution in [0.15, 0.2) is 0 Å². The summed E-state index contributed by atoms with van der Waals surface area (Å²) >= 11 is 0. The van der Waals surface area contributed by atoms with Gasteiger partial charge < -0.3 is 37.6 Å². The van der Waals surface area contributed by atoms with E-state index >= 15 is 0 Å². The van der Waals surface area contributed by atoms with E-state index in [0.717, 1.165) is 0 Å². The molecule has 160 valence electrons. The molecule has 0 radical (unpaired) electrons. The minimum absolute atomic E-state index is 0.192. The molecule has 12 nitrogen and oxygen atoms in total. The Morgan fingerprint density at radius 3 is 1.96 bits per heavy atom. The van der Waals surface area contributed by atoms with Gasteiger partial charge in [-0.1, -0.05) is 0 Å². The summed E-state index contributed by atoms with van der Waals surface area (Å²) in [4.78, 5) is 57.8. The Labute approximate surface area is 162 Å². The second-order valence-corrected chi connectivity index (χ2v) is 6.17. The van der Waals surface area contributed by atoms with E-state index in [0.29, 0.717) is 19.4 Å². The molecule has 3 atom stereocenters. The standard InChI is InChI=1S/C16H29N5O7/c1-9(19-12(22)8-18)14(25)20-10(4-2-3-7-17)15(26)21-11(16(27)28)5-6-13(23)24/h9-11H,2-8,17-18H2,1H3,(H,19,22)(H,20,25)(H,21,26)(H,23,24)(H,27,28). The molecule has 0 spiro atoms. The van der Waals surface area contributed by atoms with Crippen LogP contribution >= 0.6 is 0 Å². The molecule has 0 saturated carbocycles. The maximum absolute atomic E-state index is 12.5. The van der Waals surface area contributed by atoms with Crippen LogP contribution in [0.3, 0.4) is 0 Å². The Balaban J connectivity index is 5.05. The van der Waals surface area contributed by atoms with Gasteiger partial charge in [0.05, 0.1) is 6.54 Å². The first kappa shape index (κ1) is 25.3. The summed E-state index contributed by atoms with van der Waals surface area (Å²) in [6.07, 6.45) is 0.524. The van der Waals surface area contributed by atoms with Gasteiger partial charge in [-0.25, -0.2) is 4.79 Å². The van der Waals surface area contributed by atoms with Crippen LogP contribution in [0.2, 0.25) is 0 Å². The zero-order valence-corrected chi connectivity index (χ0v) is 15.8. The lowest BCUT2D eigenvalue weighted by Gasteiger charge is -2.23. The zero-order chi connectivity index (χ0) is 21.7. The molecule has 0 bridgehead atoms. The number of carboxylic acid groups (broad SMARTS) is 2. The third kappa shape index (κ3) is 10.4. The summed E-state index contributed by atoms with van der Waals surface area (Å²) in [5.74, 6) is -4.54. The van der Waals surface area contributed by atoms with E-state index in [9.17, 15) is 24.0 Å². The van der Waals surface area contributed by atoms with E-state index in [2.05, 4.69) is 16.0 Å². The normalized spacial score (nSPS) is 13.7. The Hall–Kier alpha value is -2.73. The number of nitrogens with one attached hydrogen (secondary N) is 3. The van der Waals surface area contributed by atoms with E-state index in [4.69, 9.17) is 21.7 Å². The molecule has 0 rings (SSSR count).